The van der Waals surface area contributed by atoms with E-state index in [1.807, 2.05) is 0 Å². The number of rotatable bonds is 10. The third kappa shape index (κ3) is 6.37. The first-order valence-corrected chi connectivity index (χ1v) is 12.0. The molecule has 2 aromatic carbocycles. The first kappa shape index (κ1) is 25.5. The van der Waals surface area contributed by atoms with Crippen molar-refractivity contribution in [2.24, 2.45) is 5.92 Å². The molecule has 0 saturated carbocycles. The smallest absolute Gasteiger partial charge is 0.251 e. The first-order chi connectivity index (χ1) is 15.1. The third-order valence-corrected chi connectivity index (χ3v) is 7.10. The van der Waals surface area contributed by atoms with Gasteiger partial charge in [-0.15, -0.1) is 0 Å². The van der Waals surface area contributed by atoms with Gasteiger partial charge in [0, 0.05) is 25.2 Å². The van der Waals surface area contributed by atoms with Gasteiger partial charge in [-0.2, -0.15) is 4.31 Å². The predicted molar refractivity (Wildman–Crippen MR) is 121 cm³/mol. The number of hydrogen-bond acceptors (Lipinski definition) is 4. The third-order valence-electron chi connectivity index (χ3n) is 5.06. The molecule has 2 aromatic rings. The maximum absolute atomic E-state index is 13.0. The van der Waals surface area contributed by atoms with Gasteiger partial charge in [0.15, 0.2) is 0 Å². The van der Waals surface area contributed by atoms with Crippen molar-refractivity contribution in [1.82, 2.24) is 14.9 Å². The number of sulfonamides is 1. The highest BCUT2D eigenvalue weighted by atomic mass is 32.2. The van der Waals surface area contributed by atoms with Crippen LogP contribution in [-0.4, -0.2) is 43.7 Å². The number of carbonyl (C=O) groups excluding carboxylic acids is 2. The number of nitrogens with one attached hydrogen (secondary N) is 2. The van der Waals surface area contributed by atoms with Crippen molar-refractivity contribution >= 4 is 21.8 Å². The van der Waals surface area contributed by atoms with E-state index < -0.39 is 22.0 Å². The molecule has 1 atom stereocenters. The zero-order chi connectivity index (χ0) is 23.9. The summed E-state index contributed by atoms with van der Waals surface area (Å²) in [6.07, 6.45) is 0. The fraction of sp³-hybridized carbons (Fsp3) is 0.391. The second-order valence-electron chi connectivity index (χ2n) is 7.66. The first-order valence-electron chi connectivity index (χ1n) is 10.5. The zero-order valence-electron chi connectivity index (χ0n) is 18.8. The molecule has 0 fully saturated rings. The summed E-state index contributed by atoms with van der Waals surface area (Å²) in [4.78, 5) is 25.5. The van der Waals surface area contributed by atoms with E-state index in [9.17, 15) is 22.4 Å². The number of amides is 2. The van der Waals surface area contributed by atoms with Crippen LogP contribution in [0.2, 0.25) is 0 Å². The van der Waals surface area contributed by atoms with Gasteiger partial charge in [-0.05, 0) is 41.8 Å². The lowest BCUT2D eigenvalue weighted by atomic mass is 10.0. The summed E-state index contributed by atoms with van der Waals surface area (Å²) in [6, 6.07) is 10.7. The lowest BCUT2D eigenvalue weighted by Gasteiger charge is -2.22. The summed E-state index contributed by atoms with van der Waals surface area (Å²) in [5.41, 5.74) is 0.873. The van der Waals surface area contributed by atoms with Gasteiger partial charge >= 0.3 is 0 Å². The maximum Gasteiger partial charge on any atom is 0.251 e. The molecule has 0 bridgehead atoms. The Morgan fingerprint density at radius 1 is 1.03 bits per heavy atom. The Morgan fingerprint density at radius 3 is 2.22 bits per heavy atom. The molecule has 0 radical (unpaired) electrons. The molecule has 2 amide bonds. The van der Waals surface area contributed by atoms with Gasteiger partial charge in [0.05, 0.1) is 4.90 Å². The van der Waals surface area contributed by atoms with Crippen LogP contribution >= 0.6 is 0 Å². The minimum Gasteiger partial charge on any atom is -0.350 e. The normalized spacial score (nSPS) is 12.6. The van der Waals surface area contributed by atoms with E-state index in [0.29, 0.717) is 13.1 Å². The second kappa shape index (κ2) is 11.2. The molecule has 9 heteroatoms. The number of benzene rings is 2. The second-order valence-corrected chi connectivity index (χ2v) is 9.59. The molecule has 1 unspecified atom stereocenters. The van der Waals surface area contributed by atoms with E-state index in [4.69, 9.17) is 0 Å². The van der Waals surface area contributed by atoms with Crippen molar-refractivity contribution in [2.45, 2.75) is 45.2 Å². The van der Waals surface area contributed by atoms with E-state index in [-0.39, 0.29) is 34.6 Å². The van der Waals surface area contributed by atoms with Crippen molar-refractivity contribution in [1.29, 1.82) is 0 Å². The van der Waals surface area contributed by atoms with Crippen molar-refractivity contribution in [3.8, 4) is 0 Å². The Bertz CT molecular complexity index is 1040. The van der Waals surface area contributed by atoms with Crippen molar-refractivity contribution in [3.05, 3.63) is 65.5 Å². The van der Waals surface area contributed by atoms with Crippen LogP contribution in [0.5, 0.6) is 0 Å². The highest BCUT2D eigenvalue weighted by Crippen LogP contribution is 2.17. The van der Waals surface area contributed by atoms with Gasteiger partial charge in [-0.25, -0.2) is 12.8 Å². The van der Waals surface area contributed by atoms with E-state index >= 15 is 0 Å². The van der Waals surface area contributed by atoms with Gasteiger partial charge in [0.2, 0.25) is 15.9 Å². The SMILES string of the molecule is CCN(CC)S(=O)(=O)c1cccc(C(=O)NC(C(=O)NCc2ccc(F)cc2)C(C)C)c1. The van der Waals surface area contributed by atoms with Crippen molar-refractivity contribution in [3.63, 3.8) is 0 Å². The van der Waals surface area contributed by atoms with Crippen molar-refractivity contribution < 1.29 is 22.4 Å². The summed E-state index contributed by atoms with van der Waals surface area (Å²) in [5.74, 6) is -1.51. The van der Waals surface area contributed by atoms with Gasteiger partial charge < -0.3 is 10.6 Å². The van der Waals surface area contributed by atoms with Crippen LogP contribution in [0.3, 0.4) is 0 Å². The van der Waals surface area contributed by atoms with E-state index in [1.54, 1.807) is 39.8 Å². The summed E-state index contributed by atoms with van der Waals surface area (Å²) in [6.45, 7) is 7.91. The van der Waals surface area contributed by atoms with Gasteiger partial charge in [0.1, 0.15) is 11.9 Å². The van der Waals surface area contributed by atoms with E-state index in [1.165, 1.54) is 40.7 Å². The Hall–Kier alpha value is -2.78. The van der Waals surface area contributed by atoms with Gasteiger partial charge in [-0.3, -0.25) is 9.59 Å². The van der Waals surface area contributed by atoms with Gasteiger partial charge in [0.25, 0.3) is 5.91 Å². The van der Waals surface area contributed by atoms with Crippen LogP contribution in [-0.2, 0) is 21.4 Å². The highest BCUT2D eigenvalue weighted by Gasteiger charge is 2.26. The van der Waals surface area contributed by atoms with E-state index in [2.05, 4.69) is 10.6 Å². The predicted octanol–water partition coefficient (Wildman–Crippen LogP) is 2.93. The standard InChI is InChI=1S/C23H30FN3O4S/c1-5-27(6-2)32(30,31)20-9-7-8-18(14-20)22(28)26-21(16(3)4)23(29)25-15-17-10-12-19(24)13-11-17/h7-14,16,21H,5-6,15H2,1-4H3,(H,25,29)(H,26,28). The molecule has 0 aromatic heterocycles. The number of hydrogen-bond donors (Lipinski definition) is 2. The molecular formula is C23H30FN3O4S. The topological polar surface area (TPSA) is 95.6 Å². The van der Waals surface area contributed by atoms with Gasteiger partial charge in [-0.1, -0.05) is 45.9 Å². The molecule has 0 saturated heterocycles. The molecule has 7 nitrogen and oxygen atoms in total. The summed E-state index contributed by atoms with van der Waals surface area (Å²) in [7, 11) is -3.71. The zero-order valence-corrected chi connectivity index (χ0v) is 19.6. The molecule has 0 aliphatic carbocycles. The van der Waals surface area contributed by atoms with Crippen LogP contribution in [0, 0.1) is 11.7 Å². The summed E-state index contributed by atoms with van der Waals surface area (Å²) in [5, 5.41) is 5.44. The molecule has 174 valence electrons. The molecular weight excluding hydrogens is 433 g/mol. The molecule has 0 aliphatic rings. The van der Waals surface area contributed by atoms with Crippen LogP contribution in [0.4, 0.5) is 4.39 Å². The monoisotopic (exact) mass is 463 g/mol. The Morgan fingerprint density at radius 2 is 1.66 bits per heavy atom. The van der Waals surface area contributed by atoms with Crippen LogP contribution in [0.1, 0.15) is 43.6 Å². The van der Waals surface area contributed by atoms with Crippen LogP contribution < -0.4 is 10.6 Å². The van der Waals surface area contributed by atoms with Crippen LogP contribution in [0.15, 0.2) is 53.4 Å². The highest BCUT2D eigenvalue weighted by molar-refractivity contribution is 7.89. The van der Waals surface area contributed by atoms with Crippen LogP contribution in [0.25, 0.3) is 0 Å². The number of carbonyl (C=O) groups is 2. The molecule has 2 rings (SSSR count). The minimum atomic E-state index is -3.71. The number of halogens is 1. The molecule has 0 aliphatic heterocycles. The Kier molecular flexibility index (Phi) is 8.91. The van der Waals surface area contributed by atoms with Crippen molar-refractivity contribution in [2.75, 3.05) is 13.1 Å². The summed E-state index contributed by atoms with van der Waals surface area (Å²) >= 11 is 0. The largest absolute Gasteiger partial charge is 0.350 e. The Balaban J connectivity index is 2.14. The average molecular weight is 464 g/mol. The lowest BCUT2D eigenvalue weighted by Crippen LogP contribution is -2.49. The fourth-order valence-electron chi connectivity index (χ4n) is 3.17. The Labute approximate surface area is 189 Å². The maximum atomic E-state index is 13.0. The minimum absolute atomic E-state index is 0.0238. The quantitative estimate of drug-likeness (QED) is 0.566. The molecule has 2 N–H and O–H groups in total. The van der Waals surface area contributed by atoms with E-state index in [0.717, 1.165) is 5.56 Å². The number of nitrogens with zero attached hydrogens (tertiary/aromatic N) is 1. The summed E-state index contributed by atoms with van der Waals surface area (Å²) < 4.78 is 39.9. The average Bonchev–Trinajstić information content (AvgIpc) is 2.77. The fourth-order valence-corrected chi connectivity index (χ4v) is 4.68. The molecule has 0 spiro atoms. The molecule has 32 heavy (non-hydrogen) atoms. The lowest BCUT2D eigenvalue weighted by molar-refractivity contribution is -0.124. The molecule has 0 heterocycles.